The number of aryl methyl sites for hydroxylation is 1. The van der Waals surface area contributed by atoms with Gasteiger partial charge in [0, 0.05) is 120 Å². The number of esters is 5. The molecule has 5 aliphatic heterocycles. The molecular weight excluding hydrogens is 1420 g/mol. The van der Waals surface area contributed by atoms with Gasteiger partial charge in [-0.2, -0.15) is 0 Å². The molecule has 5 saturated heterocycles. The van der Waals surface area contributed by atoms with Crippen molar-refractivity contribution in [2.45, 2.75) is 477 Å². The van der Waals surface area contributed by atoms with Crippen LogP contribution in [0, 0.1) is 17.8 Å². The molecular formula is C96H165N5O12. The number of benzene rings is 2. The zero-order valence-electron chi connectivity index (χ0n) is 78.2. The van der Waals surface area contributed by atoms with E-state index >= 15 is 19.2 Å². The second kappa shape index (κ2) is 35.6. The van der Waals surface area contributed by atoms with E-state index in [1.165, 1.54) is 51.4 Å². The van der Waals surface area contributed by atoms with Gasteiger partial charge >= 0.3 is 29.8 Å². The van der Waals surface area contributed by atoms with Gasteiger partial charge in [-0.25, -0.2) is 0 Å². The molecule has 646 valence electrons. The van der Waals surface area contributed by atoms with E-state index in [2.05, 4.69) is 213 Å². The van der Waals surface area contributed by atoms with Gasteiger partial charge in [-0.15, -0.1) is 0 Å². The number of phenolic OH excluding ortho intramolecular Hbond substituents is 2. The number of nitrogens with zero attached hydrogens (tertiary/aromatic N) is 3. The van der Waals surface area contributed by atoms with E-state index in [-0.39, 0.29) is 97.4 Å². The van der Waals surface area contributed by atoms with Crippen LogP contribution in [0.2, 0.25) is 0 Å². The van der Waals surface area contributed by atoms with Gasteiger partial charge in [0.1, 0.15) is 42.0 Å². The SMILES string of the molecule is CCCCCCCCCCCCCC(Cc1cc(C)c(O)c(C(C)(C)C)c1)(C(=O)OC1CC(C)(C)NC(C)(C)C1)C(=O)OC1CC(C)(C)NC(C)(C)C1.CN1C(C)(C)CC(OC(=O)CC(Cc2cc(C(C)(C)C)c(O)c(C(C)(C)C)c2)(C(=O)OC2CC(C)(C)N(C)C(C)(C)C2)C(=O)OC2CC(C)(C)N(C)C(C)(C)C2)CC1(C)C. The molecule has 0 unspecified atom stereocenters. The first-order chi connectivity index (χ1) is 51.2. The zero-order chi connectivity index (χ0) is 86.1. The van der Waals surface area contributed by atoms with Gasteiger partial charge in [0.2, 0.25) is 0 Å². The molecule has 0 radical (unpaired) electrons. The van der Waals surface area contributed by atoms with Crippen LogP contribution in [-0.4, -0.2) is 162 Å². The number of phenols is 2. The van der Waals surface area contributed by atoms with Gasteiger partial charge in [0.05, 0.1) is 6.42 Å². The summed E-state index contributed by atoms with van der Waals surface area (Å²) in [5.74, 6) is -2.67. The fourth-order valence-electron chi connectivity index (χ4n) is 20.5. The lowest BCUT2D eigenvalue weighted by Crippen LogP contribution is -2.62. The standard InChI is InChI=1S/C50H85N3O7.C46H80N2O5/c1-42(2,3)36-22-32(23-37(39(36)55)43(4,5)6)24-50(40(56)59-34-27-46(11,12)52(20)47(13,14)28-34,41(57)60-35-29-48(15,16)53(21)49(17,18)30-35)31-38(54)58-33-25-44(7,8)51(19)45(9,10)26-33;1-14-15-16-17-18-19-20-21-22-23-24-25-46(28-34-26-33(2)38(49)37(27-34)41(3,4)5,39(50)52-35-29-42(6,7)47-43(8,9)30-35)40(51)53-36-31-44(10,11)48-45(12,13)32-36/h22-23,33-35,55H,24-31H2,1-21H3;26-27,35-36,47-49H,14-25,28-32H2,1-13H3. The Balaban J connectivity index is 0.000000355. The summed E-state index contributed by atoms with van der Waals surface area (Å²) in [5.41, 5.74) is -3.17. The topological polar surface area (TPSA) is 206 Å². The number of hydrogen-bond acceptors (Lipinski definition) is 17. The molecule has 17 heteroatoms. The van der Waals surface area contributed by atoms with Crippen LogP contribution < -0.4 is 10.6 Å². The maximum absolute atomic E-state index is 15.5. The third kappa shape index (κ3) is 25.4. The number of piperidine rings is 5. The van der Waals surface area contributed by atoms with Crippen LogP contribution >= 0.6 is 0 Å². The Labute approximate surface area is 687 Å². The second-order valence-electron chi connectivity index (χ2n) is 45.7. The van der Waals surface area contributed by atoms with Gasteiger partial charge < -0.3 is 44.5 Å². The number of carbonyl (C=O) groups is 5. The Kier molecular flexibility index (Phi) is 30.6. The lowest BCUT2D eigenvalue weighted by molar-refractivity contribution is -0.193. The molecule has 0 aliphatic carbocycles. The van der Waals surface area contributed by atoms with Crippen molar-refractivity contribution in [3.63, 3.8) is 0 Å². The number of likely N-dealkylation sites (tertiary alicyclic amines) is 3. The summed E-state index contributed by atoms with van der Waals surface area (Å²) in [6.07, 6.45) is 16.7. The highest BCUT2D eigenvalue weighted by Crippen LogP contribution is 2.49. The van der Waals surface area contributed by atoms with Gasteiger partial charge in [0.25, 0.3) is 0 Å². The second-order valence-corrected chi connectivity index (χ2v) is 45.7. The summed E-state index contributed by atoms with van der Waals surface area (Å²) in [7, 11) is 6.29. The number of ether oxygens (including phenoxy) is 5. The Bertz CT molecular complexity index is 3360. The van der Waals surface area contributed by atoms with Crippen molar-refractivity contribution in [1.82, 2.24) is 25.3 Å². The predicted molar refractivity (Wildman–Crippen MR) is 461 cm³/mol. The normalized spacial score (nSPS) is 22.3. The number of aromatic hydroxyl groups is 2. The fourth-order valence-corrected chi connectivity index (χ4v) is 20.5. The van der Waals surface area contributed by atoms with E-state index in [1.807, 2.05) is 72.7 Å². The molecule has 5 fully saturated rings. The van der Waals surface area contributed by atoms with Crippen molar-refractivity contribution in [2.75, 3.05) is 21.1 Å². The quantitative estimate of drug-likeness (QED) is 0.0284. The molecule has 0 atom stereocenters. The van der Waals surface area contributed by atoms with E-state index in [4.69, 9.17) is 23.7 Å². The highest BCUT2D eigenvalue weighted by Gasteiger charge is 2.58. The maximum atomic E-state index is 15.5. The third-order valence-electron chi connectivity index (χ3n) is 26.7. The smallest absolute Gasteiger partial charge is 0.324 e. The Morgan fingerprint density at radius 3 is 0.920 bits per heavy atom. The van der Waals surface area contributed by atoms with Crippen LogP contribution in [0.15, 0.2) is 24.3 Å². The molecule has 0 spiro atoms. The molecule has 17 nitrogen and oxygen atoms in total. The van der Waals surface area contributed by atoms with Crippen LogP contribution in [0.3, 0.4) is 0 Å². The van der Waals surface area contributed by atoms with Crippen molar-refractivity contribution < 1.29 is 57.9 Å². The summed E-state index contributed by atoms with van der Waals surface area (Å²) in [6.45, 7) is 65.5. The molecule has 0 amide bonds. The Morgan fingerprint density at radius 2 is 0.619 bits per heavy atom. The first kappa shape index (κ1) is 97.0. The molecule has 0 aromatic heterocycles. The fraction of sp³-hybridized carbons (Fsp3) is 0.823. The Morgan fingerprint density at radius 1 is 0.372 bits per heavy atom. The highest BCUT2D eigenvalue weighted by atomic mass is 16.6. The monoisotopic (exact) mass is 1580 g/mol. The summed E-state index contributed by atoms with van der Waals surface area (Å²) in [5, 5.41) is 30.3. The first-order valence-electron chi connectivity index (χ1n) is 43.7. The largest absolute Gasteiger partial charge is 0.507 e. The summed E-state index contributed by atoms with van der Waals surface area (Å²) >= 11 is 0. The number of hydrogen-bond donors (Lipinski definition) is 4. The lowest BCUT2D eigenvalue weighted by Gasteiger charge is -2.54. The Hall–Kier alpha value is -4.81. The van der Waals surface area contributed by atoms with Crippen LogP contribution in [0.4, 0.5) is 0 Å². The van der Waals surface area contributed by atoms with Gasteiger partial charge in [-0.3, -0.25) is 38.7 Å². The molecule has 113 heavy (non-hydrogen) atoms. The van der Waals surface area contributed by atoms with Crippen molar-refractivity contribution in [2.24, 2.45) is 10.8 Å². The number of carbonyl (C=O) groups excluding carboxylic acids is 5. The summed E-state index contributed by atoms with van der Waals surface area (Å²) in [6, 6.07) is 7.70. The lowest BCUT2D eigenvalue weighted by atomic mass is 9.73. The number of nitrogens with one attached hydrogen (secondary N) is 2. The minimum atomic E-state index is -2.09. The molecule has 2 aromatic rings. The molecule has 0 bridgehead atoms. The minimum Gasteiger partial charge on any atom is -0.507 e. The number of rotatable bonds is 27. The van der Waals surface area contributed by atoms with Crippen LogP contribution in [0.5, 0.6) is 11.5 Å². The molecule has 4 N–H and O–H groups in total. The first-order valence-corrected chi connectivity index (χ1v) is 43.7. The van der Waals surface area contributed by atoms with E-state index < -0.39 is 76.2 Å². The highest BCUT2D eigenvalue weighted by molar-refractivity contribution is 6.04. The third-order valence-corrected chi connectivity index (χ3v) is 26.7. The average Bonchev–Trinajstić information content (AvgIpc) is 0.755. The van der Waals surface area contributed by atoms with Crippen molar-refractivity contribution in [3.8, 4) is 11.5 Å². The molecule has 5 heterocycles. The molecule has 7 rings (SSSR count). The molecule has 2 aromatic carbocycles. The van der Waals surface area contributed by atoms with Gasteiger partial charge in [-0.1, -0.05) is 164 Å². The number of unbranched alkanes of at least 4 members (excludes halogenated alkanes) is 10. The average molecular weight is 1580 g/mol. The van der Waals surface area contributed by atoms with Crippen LogP contribution in [-0.2, 0) is 76.7 Å². The van der Waals surface area contributed by atoms with Crippen molar-refractivity contribution in [3.05, 3.63) is 57.6 Å². The van der Waals surface area contributed by atoms with Gasteiger partial charge in [0.15, 0.2) is 10.8 Å². The van der Waals surface area contributed by atoms with Crippen molar-refractivity contribution >= 4 is 29.8 Å². The van der Waals surface area contributed by atoms with E-state index in [1.54, 1.807) is 0 Å². The molecule has 0 saturated carbocycles. The molecule has 5 aliphatic rings. The minimum absolute atomic E-state index is 0.169. The zero-order valence-corrected chi connectivity index (χ0v) is 78.2. The van der Waals surface area contributed by atoms with Crippen LogP contribution in [0.25, 0.3) is 0 Å². The van der Waals surface area contributed by atoms with Crippen LogP contribution in [0.1, 0.15) is 389 Å². The van der Waals surface area contributed by atoms with E-state index in [0.717, 1.165) is 36.0 Å². The van der Waals surface area contributed by atoms with E-state index in [9.17, 15) is 15.0 Å². The van der Waals surface area contributed by atoms with E-state index in [0.29, 0.717) is 87.3 Å². The summed E-state index contributed by atoms with van der Waals surface area (Å²) < 4.78 is 32.7. The predicted octanol–water partition coefficient (Wildman–Crippen LogP) is 20.4. The summed E-state index contributed by atoms with van der Waals surface area (Å²) in [4.78, 5) is 82.8. The van der Waals surface area contributed by atoms with Crippen molar-refractivity contribution in [1.29, 1.82) is 0 Å². The van der Waals surface area contributed by atoms with Gasteiger partial charge in [-0.05, 0) is 235 Å². The maximum Gasteiger partial charge on any atom is 0.324 e.